The predicted molar refractivity (Wildman–Crippen MR) is 46.2 cm³/mol. The molecule has 1 unspecified atom stereocenters. The van der Waals surface area contributed by atoms with Crippen LogP contribution in [0.4, 0.5) is 22.0 Å². The van der Waals surface area contributed by atoms with E-state index in [9.17, 15) is 26.8 Å². The summed E-state index contributed by atoms with van der Waals surface area (Å²) in [6.07, 6.45) is -5.71. The maximum Gasteiger partial charge on any atom is 0.470 e. The van der Waals surface area contributed by atoms with Gasteiger partial charge < -0.3 is 4.74 Å². The third kappa shape index (κ3) is 2.63. The highest BCUT2D eigenvalue weighted by Crippen LogP contribution is 2.36. The topological polar surface area (TPSA) is 38.3 Å². The number of carbonyl (C=O) groups is 1. The van der Waals surface area contributed by atoms with E-state index in [1.807, 2.05) is 0 Å². The van der Waals surface area contributed by atoms with Gasteiger partial charge in [-0.2, -0.15) is 23.1 Å². The van der Waals surface area contributed by atoms with E-state index in [4.69, 9.17) is 0 Å². The molecule has 0 heterocycles. The predicted octanol–water partition coefficient (Wildman–Crippen LogP) is 2.29. The summed E-state index contributed by atoms with van der Waals surface area (Å²) < 4.78 is 65.8. The largest absolute Gasteiger partial charge is 0.470 e. The van der Waals surface area contributed by atoms with E-state index in [0.29, 0.717) is 0 Å². The quantitative estimate of drug-likeness (QED) is 0.664. The van der Waals surface area contributed by atoms with Crippen molar-refractivity contribution in [1.29, 1.82) is 0 Å². The van der Waals surface area contributed by atoms with Crippen molar-refractivity contribution in [2.24, 2.45) is 0 Å². The summed E-state index contributed by atoms with van der Waals surface area (Å²) in [4.78, 5) is 10.6. The van der Waals surface area contributed by atoms with Crippen LogP contribution in [-0.4, -0.2) is 17.9 Å². The normalized spacial score (nSPS) is 14.9. The molecule has 0 aliphatic carbocycles. The molecule has 0 aliphatic rings. The van der Waals surface area contributed by atoms with E-state index in [0.717, 1.165) is 12.1 Å². The molecular formula is C9H6F5NO2. The second-order valence-electron chi connectivity index (χ2n) is 2.93. The fourth-order valence-electron chi connectivity index (χ4n) is 0.945. The summed E-state index contributed by atoms with van der Waals surface area (Å²) in [5.41, 5.74) is 0.0734. The second kappa shape index (κ2) is 4.56. The standard InChI is InChI=1S/C9H6F5NO2/c10-8(7(16)15-14,9(11,12)13)17-6-4-2-1-3-5-6/h1-5H,(H,15,16). The van der Waals surface area contributed by atoms with Crippen LogP contribution in [0.2, 0.25) is 0 Å². The Morgan fingerprint density at radius 2 is 1.65 bits per heavy atom. The third-order valence-electron chi connectivity index (χ3n) is 1.74. The first-order valence-corrected chi connectivity index (χ1v) is 4.22. The molecule has 1 amide bonds. The molecule has 94 valence electrons. The number of hydrogen-bond acceptors (Lipinski definition) is 2. The minimum Gasteiger partial charge on any atom is -0.443 e. The number of benzene rings is 1. The SMILES string of the molecule is O=C(NF)C(F)(Oc1ccccc1)C(F)(F)F. The van der Waals surface area contributed by atoms with Gasteiger partial charge in [0.1, 0.15) is 5.75 Å². The zero-order chi connectivity index (χ0) is 13.1. The lowest BCUT2D eigenvalue weighted by Crippen LogP contribution is -2.56. The number of ether oxygens (including phenoxy) is 1. The maximum absolute atomic E-state index is 13.4. The van der Waals surface area contributed by atoms with Crippen molar-refractivity contribution in [3.8, 4) is 5.75 Å². The van der Waals surface area contributed by atoms with Gasteiger partial charge in [-0.25, -0.2) is 0 Å². The monoisotopic (exact) mass is 255 g/mol. The zero-order valence-corrected chi connectivity index (χ0v) is 8.09. The van der Waals surface area contributed by atoms with Crippen molar-refractivity contribution in [3.05, 3.63) is 30.3 Å². The van der Waals surface area contributed by atoms with Gasteiger partial charge in [-0.1, -0.05) is 18.2 Å². The van der Waals surface area contributed by atoms with Crippen LogP contribution in [0.3, 0.4) is 0 Å². The molecule has 0 aromatic heterocycles. The molecule has 17 heavy (non-hydrogen) atoms. The molecular weight excluding hydrogens is 249 g/mol. The first kappa shape index (κ1) is 13.2. The Hall–Kier alpha value is -1.86. The summed E-state index contributed by atoms with van der Waals surface area (Å²) in [7, 11) is 0. The van der Waals surface area contributed by atoms with Gasteiger partial charge in [0, 0.05) is 0 Å². The van der Waals surface area contributed by atoms with Gasteiger partial charge >= 0.3 is 17.9 Å². The molecule has 0 saturated carbocycles. The summed E-state index contributed by atoms with van der Waals surface area (Å²) in [6, 6.07) is 5.95. The van der Waals surface area contributed by atoms with Crippen molar-refractivity contribution in [3.63, 3.8) is 0 Å². The highest BCUT2D eigenvalue weighted by Gasteiger charge is 2.65. The number of para-hydroxylation sites is 1. The Kier molecular flexibility index (Phi) is 3.54. The Morgan fingerprint density at radius 3 is 2.06 bits per heavy atom. The van der Waals surface area contributed by atoms with Gasteiger partial charge in [0.25, 0.3) is 0 Å². The molecule has 0 bridgehead atoms. The maximum atomic E-state index is 13.4. The number of hydrogen-bond donors (Lipinski definition) is 1. The Balaban J connectivity index is 3.05. The zero-order valence-electron chi connectivity index (χ0n) is 8.09. The molecule has 0 radical (unpaired) electrons. The van der Waals surface area contributed by atoms with Gasteiger partial charge in [0.15, 0.2) is 0 Å². The van der Waals surface area contributed by atoms with Crippen LogP contribution in [0.25, 0.3) is 0 Å². The summed E-state index contributed by atoms with van der Waals surface area (Å²) >= 11 is 0. The van der Waals surface area contributed by atoms with Crippen LogP contribution < -0.4 is 10.3 Å². The van der Waals surface area contributed by atoms with Crippen LogP contribution in [0.1, 0.15) is 0 Å². The molecule has 8 heteroatoms. The molecule has 1 aromatic carbocycles. The van der Waals surface area contributed by atoms with E-state index in [1.165, 1.54) is 18.2 Å². The summed E-state index contributed by atoms with van der Waals surface area (Å²) in [6.45, 7) is 0. The van der Waals surface area contributed by atoms with Gasteiger partial charge in [-0.3, -0.25) is 4.79 Å². The van der Waals surface area contributed by atoms with Crippen molar-refractivity contribution in [1.82, 2.24) is 5.54 Å². The molecule has 0 spiro atoms. The number of carbonyl (C=O) groups excluding carboxylic acids is 1. The smallest absolute Gasteiger partial charge is 0.443 e. The second-order valence-corrected chi connectivity index (χ2v) is 2.93. The number of rotatable bonds is 3. The molecule has 1 atom stereocenters. The molecule has 1 rings (SSSR count). The minimum absolute atomic E-state index is 0.0734. The first-order valence-electron chi connectivity index (χ1n) is 4.22. The number of amides is 1. The summed E-state index contributed by atoms with van der Waals surface area (Å²) in [5, 5.41) is 0. The van der Waals surface area contributed by atoms with E-state index < -0.39 is 23.7 Å². The van der Waals surface area contributed by atoms with E-state index >= 15 is 0 Å². The fourth-order valence-corrected chi connectivity index (χ4v) is 0.945. The number of alkyl halides is 4. The number of nitrogens with one attached hydrogen (secondary N) is 1. The van der Waals surface area contributed by atoms with Gasteiger partial charge in [-0.15, -0.1) is 4.48 Å². The van der Waals surface area contributed by atoms with Crippen molar-refractivity contribution < 1.29 is 31.6 Å². The highest BCUT2D eigenvalue weighted by atomic mass is 19.4. The van der Waals surface area contributed by atoms with Crippen LogP contribution in [-0.2, 0) is 4.79 Å². The molecule has 1 N–H and O–H groups in total. The molecule has 3 nitrogen and oxygen atoms in total. The fraction of sp³-hybridized carbons (Fsp3) is 0.222. The van der Waals surface area contributed by atoms with E-state index in [1.54, 1.807) is 0 Å². The van der Waals surface area contributed by atoms with Crippen molar-refractivity contribution in [2.45, 2.75) is 12.0 Å². The van der Waals surface area contributed by atoms with E-state index in [-0.39, 0.29) is 5.54 Å². The third-order valence-corrected chi connectivity index (χ3v) is 1.74. The van der Waals surface area contributed by atoms with Crippen molar-refractivity contribution in [2.75, 3.05) is 0 Å². The first-order chi connectivity index (χ1) is 7.81. The Bertz CT molecular complexity index is 394. The van der Waals surface area contributed by atoms with Crippen LogP contribution in [0, 0.1) is 0 Å². The van der Waals surface area contributed by atoms with Crippen LogP contribution in [0.15, 0.2) is 30.3 Å². The summed E-state index contributed by atoms with van der Waals surface area (Å²) in [5.74, 6) is -7.91. The minimum atomic E-state index is -5.71. The van der Waals surface area contributed by atoms with Crippen molar-refractivity contribution >= 4 is 5.91 Å². The average Bonchev–Trinajstić information content (AvgIpc) is 2.27. The van der Waals surface area contributed by atoms with Gasteiger partial charge in [0.2, 0.25) is 0 Å². The molecule has 1 aromatic rings. The average molecular weight is 255 g/mol. The molecule has 0 saturated heterocycles. The molecule has 0 aliphatic heterocycles. The molecule has 0 fully saturated rings. The van der Waals surface area contributed by atoms with E-state index in [2.05, 4.69) is 4.74 Å². The lowest BCUT2D eigenvalue weighted by Gasteiger charge is -2.25. The lowest BCUT2D eigenvalue weighted by molar-refractivity contribution is -0.289. The van der Waals surface area contributed by atoms with Crippen LogP contribution in [0.5, 0.6) is 5.75 Å². The Morgan fingerprint density at radius 1 is 1.12 bits per heavy atom. The van der Waals surface area contributed by atoms with Gasteiger partial charge in [0.05, 0.1) is 0 Å². The van der Waals surface area contributed by atoms with Crippen LogP contribution >= 0.6 is 0 Å². The van der Waals surface area contributed by atoms with Gasteiger partial charge in [-0.05, 0) is 12.1 Å². The number of halogens is 5. The lowest BCUT2D eigenvalue weighted by atomic mass is 10.2. The highest BCUT2D eigenvalue weighted by molar-refractivity contribution is 5.83. The Labute approximate surface area is 92.1 Å².